The van der Waals surface area contributed by atoms with Crippen LogP contribution < -0.4 is 10.5 Å². The van der Waals surface area contributed by atoms with Crippen molar-refractivity contribution in [2.75, 3.05) is 5.73 Å². The van der Waals surface area contributed by atoms with E-state index in [9.17, 15) is 8.42 Å². The molecule has 0 saturated heterocycles. The van der Waals surface area contributed by atoms with Gasteiger partial charge in [-0.15, -0.1) is 0 Å². The van der Waals surface area contributed by atoms with Crippen molar-refractivity contribution in [3.63, 3.8) is 0 Å². The summed E-state index contributed by atoms with van der Waals surface area (Å²) in [4.78, 5) is 3.16. The van der Waals surface area contributed by atoms with Gasteiger partial charge >= 0.3 is 0 Å². The molecule has 0 amide bonds. The second kappa shape index (κ2) is 5.23. The normalized spacial score (nSPS) is 11.8. The fourth-order valence-corrected chi connectivity index (χ4v) is 3.39. The molecule has 4 N–H and O–H groups in total. The third kappa shape index (κ3) is 2.76. The number of nitrogens with two attached hydrogens (primary N) is 1. The Labute approximate surface area is 122 Å². The number of aromatic amines is 1. The Balaban J connectivity index is 1.90. The number of hydrogen-bond acceptors (Lipinski definition) is 3. The summed E-state index contributed by atoms with van der Waals surface area (Å²) < 4.78 is 27.4. The van der Waals surface area contributed by atoms with Crippen molar-refractivity contribution >= 4 is 26.6 Å². The maximum absolute atomic E-state index is 12.4. The number of nitrogens with one attached hydrogen (secondary N) is 2. The van der Waals surface area contributed by atoms with Crippen LogP contribution in [0.1, 0.15) is 5.56 Å². The van der Waals surface area contributed by atoms with Crippen molar-refractivity contribution in [3.05, 3.63) is 60.3 Å². The number of aromatic nitrogens is 1. The van der Waals surface area contributed by atoms with Crippen LogP contribution in [-0.4, -0.2) is 13.4 Å². The number of nitrogen functional groups attached to an aromatic ring is 1. The summed E-state index contributed by atoms with van der Waals surface area (Å²) in [6, 6.07) is 14.5. The van der Waals surface area contributed by atoms with Gasteiger partial charge in [-0.25, -0.2) is 13.1 Å². The predicted molar refractivity (Wildman–Crippen MR) is 83.2 cm³/mol. The number of benzene rings is 2. The van der Waals surface area contributed by atoms with Gasteiger partial charge in [0, 0.05) is 29.3 Å². The standard InChI is InChI=1S/C15H15N3O2S/c16-12-6-7-13-14(8-12)17-10-15(13)21(19,20)18-9-11-4-2-1-3-5-11/h1-8,10,17-18H,9,16H2. The maximum atomic E-state index is 12.4. The van der Waals surface area contributed by atoms with E-state index in [1.54, 1.807) is 18.2 Å². The highest BCUT2D eigenvalue weighted by Gasteiger charge is 2.18. The van der Waals surface area contributed by atoms with E-state index in [1.165, 1.54) is 6.20 Å². The third-order valence-corrected chi connectivity index (χ3v) is 4.71. The van der Waals surface area contributed by atoms with Crippen LogP contribution in [0.5, 0.6) is 0 Å². The molecule has 0 radical (unpaired) electrons. The van der Waals surface area contributed by atoms with Crippen LogP contribution in [0.4, 0.5) is 5.69 Å². The Morgan fingerprint density at radius 1 is 1.10 bits per heavy atom. The predicted octanol–water partition coefficient (Wildman–Crippen LogP) is 2.23. The lowest BCUT2D eigenvalue weighted by Crippen LogP contribution is -2.22. The van der Waals surface area contributed by atoms with E-state index in [0.29, 0.717) is 16.6 Å². The van der Waals surface area contributed by atoms with E-state index in [1.807, 2.05) is 30.3 Å². The van der Waals surface area contributed by atoms with Crippen molar-refractivity contribution in [1.29, 1.82) is 0 Å². The number of anilines is 1. The molecular weight excluding hydrogens is 286 g/mol. The summed E-state index contributed by atoms with van der Waals surface area (Å²) in [5, 5.41) is 0.629. The topological polar surface area (TPSA) is 88.0 Å². The van der Waals surface area contributed by atoms with Gasteiger partial charge in [-0.3, -0.25) is 0 Å². The zero-order valence-electron chi connectivity index (χ0n) is 11.2. The molecule has 0 fully saturated rings. The SMILES string of the molecule is Nc1ccc2c(S(=O)(=O)NCc3ccccc3)c[nH]c2c1. The maximum Gasteiger partial charge on any atom is 0.242 e. The fraction of sp³-hybridized carbons (Fsp3) is 0.0667. The molecule has 3 aromatic rings. The molecule has 0 aliphatic heterocycles. The van der Waals surface area contributed by atoms with Crippen molar-refractivity contribution in [1.82, 2.24) is 9.71 Å². The first-order valence-corrected chi connectivity index (χ1v) is 7.95. The molecule has 1 heterocycles. The number of H-pyrrole nitrogens is 1. The van der Waals surface area contributed by atoms with Crippen LogP contribution in [0, 0.1) is 0 Å². The molecule has 0 atom stereocenters. The first-order valence-electron chi connectivity index (χ1n) is 6.46. The Hall–Kier alpha value is -2.31. The highest BCUT2D eigenvalue weighted by atomic mass is 32.2. The van der Waals surface area contributed by atoms with E-state index in [4.69, 9.17) is 5.73 Å². The van der Waals surface area contributed by atoms with Crippen molar-refractivity contribution in [2.24, 2.45) is 0 Å². The smallest absolute Gasteiger partial charge is 0.242 e. The van der Waals surface area contributed by atoms with E-state index in [-0.39, 0.29) is 11.4 Å². The molecule has 6 heteroatoms. The third-order valence-electron chi connectivity index (χ3n) is 3.27. The first-order chi connectivity index (χ1) is 10.1. The van der Waals surface area contributed by atoms with Crippen LogP contribution in [0.25, 0.3) is 10.9 Å². The van der Waals surface area contributed by atoms with Crippen LogP contribution in [0.3, 0.4) is 0 Å². The number of rotatable bonds is 4. The number of hydrogen-bond donors (Lipinski definition) is 3. The summed E-state index contributed by atoms with van der Waals surface area (Å²) in [7, 11) is -3.58. The minimum Gasteiger partial charge on any atom is -0.399 e. The highest BCUT2D eigenvalue weighted by Crippen LogP contribution is 2.24. The quantitative estimate of drug-likeness (QED) is 0.646. The molecule has 0 aliphatic carbocycles. The average molecular weight is 301 g/mol. The average Bonchev–Trinajstić information content (AvgIpc) is 2.90. The summed E-state index contributed by atoms with van der Waals surface area (Å²) in [6.45, 7) is 0.255. The molecule has 108 valence electrons. The molecule has 1 aromatic heterocycles. The molecule has 3 rings (SSSR count). The van der Waals surface area contributed by atoms with E-state index < -0.39 is 10.0 Å². The molecule has 0 spiro atoms. The van der Waals surface area contributed by atoms with Gasteiger partial charge in [-0.1, -0.05) is 30.3 Å². The van der Waals surface area contributed by atoms with Gasteiger partial charge in [-0.2, -0.15) is 0 Å². The molecule has 0 saturated carbocycles. The minimum atomic E-state index is -3.58. The zero-order chi connectivity index (χ0) is 14.9. The van der Waals surface area contributed by atoms with Crippen LogP contribution in [-0.2, 0) is 16.6 Å². The van der Waals surface area contributed by atoms with Gasteiger partial charge in [0.2, 0.25) is 10.0 Å². The summed E-state index contributed by atoms with van der Waals surface area (Å²) in [5.74, 6) is 0. The van der Waals surface area contributed by atoms with Crippen molar-refractivity contribution < 1.29 is 8.42 Å². The van der Waals surface area contributed by atoms with Crippen molar-refractivity contribution in [2.45, 2.75) is 11.4 Å². The van der Waals surface area contributed by atoms with E-state index in [0.717, 1.165) is 5.56 Å². The molecule has 5 nitrogen and oxygen atoms in total. The second-order valence-corrected chi connectivity index (χ2v) is 6.50. The van der Waals surface area contributed by atoms with Crippen LogP contribution >= 0.6 is 0 Å². The van der Waals surface area contributed by atoms with E-state index >= 15 is 0 Å². The zero-order valence-corrected chi connectivity index (χ0v) is 12.0. The van der Waals surface area contributed by atoms with Gasteiger partial charge in [0.05, 0.1) is 0 Å². The Kier molecular flexibility index (Phi) is 3.40. The highest BCUT2D eigenvalue weighted by molar-refractivity contribution is 7.89. The Bertz CT molecular complexity index is 870. The lowest BCUT2D eigenvalue weighted by atomic mass is 10.2. The second-order valence-electron chi connectivity index (χ2n) is 4.77. The summed E-state index contributed by atoms with van der Waals surface area (Å²) >= 11 is 0. The molecule has 0 unspecified atom stereocenters. The monoisotopic (exact) mass is 301 g/mol. The lowest BCUT2D eigenvalue weighted by Gasteiger charge is -2.06. The van der Waals surface area contributed by atoms with Gasteiger partial charge in [0.1, 0.15) is 4.90 Å². The van der Waals surface area contributed by atoms with Gasteiger partial charge < -0.3 is 10.7 Å². The van der Waals surface area contributed by atoms with Gasteiger partial charge in [0.15, 0.2) is 0 Å². The molecule has 0 bridgehead atoms. The molecule has 21 heavy (non-hydrogen) atoms. The van der Waals surface area contributed by atoms with Gasteiger partial charge in [0.25, 0.3) is 0 Å². The Morgan fingerprint density at radius 2 is 1.86 bits per heavy atom. The fourth-order valence-electron chi connectivity index (χ4n) is 2.19. The van der Waals surface area contributed by atoms with Crippen molar-refractivity contribution in [3.8, 4) is 0 Å². The Morgan fingerprint density at radius 3 is 2.62 bits per heavy atom. The largest absolute Gasteiger partial charge is 0.399 e. The van der Waals surface area contributed by atoms with E-state index in [2.05, 4.69) is 9.71 Å². The lowest BCUT2D eigenvalue weighted by molar-refractivity contribution is 0.582. The van der Waals surface area contributed by atoms with Gasteiger partial charge in [-0.05, 0) is 23.8 Å². The first kappa shape index (κ1) is 13.7. The number of fused-ring (bicyclic) bond motifs is 1. The summed E-state index contributed by atoms with van der Waals surface area (Å²) in [5.41, 5.74) is 7.89. The summed E-state index contributed by atoms with van der Waals surface area (Å²) in [6.07, 6.45) is 1.48. The molecule has 2 aromatic carbocycles. The molecular formula is C15H15N3O2S. The number of sulfonamides is 1. The van der Waals surface area contributed by atoms with Crippen LogP contribution in [0.2, 0.25) is 0 Å². The minimum absolute atomic E-state index is 0.230. The van der Waals surface area contributed by atoms with Crippen LogP contribution in [0.15, 0.2) is 59.6 Å². The molecule has 0 aliphatic rings.